The van der Waals surface area contributed by atoms with Gasteiger partial charge < -0.3 is 20.1 Å². The minimum Gasteiger partial charge on any atom is -0.497 e. The molecule has 3 rings (SSSR count). The van der Waals surface area contributed by atoms with Crippen LogP contribution in [0.5, 0.6) is 11.5 Å². The first kappa shape index (κ1) is 22.4. The highest BCUT2D eigenvalue weighted by molar-refractivity contribution is 6.04. The molecular weight excluding hydrogens is 404 g/mol. The molecule has 2 N–H and O–H groups in total. The summed E-state index contributed by atoms with van der Waals surface area (Å²) in [5, 5.41) is 5.57. The first-order valence-electron chi connectivity index (χ1n) is 9.92. The number of amides is 2. The van der Waals surface area contributed by atoms with Crippen molar-refractivity contribution in [1.82, 2.24) is 0 Å². The van der Waals surface area contributed by atoms with Crippen LogP contribution in [0.1, 0.15) is 11.1 Å². The van der Waals surface area contributed by atoms with E-state index in [9.17, 15) is 9.59 Å². The standard InChI is InChI=1S/C26H24N2O4/c1-31-23-12-6-19(7-13-23)10-16-25(29)27-21-4-3-5-22(18-21)28-26(30)17-11-20-8-14-24(32-2)15-9-20/h3-18H,1-2H3,(H,27,29)(H,28,30)/b16-10-,17-11+. The second-order valence-corrected chi connectivity index (χ2v) is 6.77. The molecule has 3 aromatic carbocycles. The maximum absolute atomic E-state index is 12.2. The number of nitrogens with one attached hydrogen (secondary N) is 2. The van der Waals surface area contributed by atoms with Crippen molar-refractivity contribution in [1.29, 1.82) is 0 Å². The fourth-order valence-electron chi connectivity index (χ4n) is 2.82. The number of carbonyl (C=O) groups is 2. The number of benzene rings is 3. The number of methoxy groups -OCH3 is 2. The highest BCUT2D eigenvalue weighted by Crippen LogP contribution is 2.17. The predicted octanol–water partition coefficient (Wildman–Crippen LogP) is 5.01. The normalized spacial score (nSPS) is 10.8. The van der Waals surface area contributed by atoms with Gasteiger partial charge in [-0.15, -0.1) is 0 Å². The second-order valence-electron chi connectivity index (χ2n) is 6.77. The van der Waals surface area contributed by atoms with E-state index >= 15 is 0 Å². The Morgan fingerprint density at radius 3 is 1.44 bits per heavy atom. The fraction of sp³-hybridized carbons (Fsp3) is 0.0769. The average Bonchev–Trinajstić information content (AvgIpc) is 2.82. The smallest absolute Gasteiger partial charge is 0.248 e. The molecule has 0 heterocycles. The summed E-state index contributed by atoms with van der Waals surface area (Å²) in [5.74, 6) is 0.959. The number of hydrogen-bond acceptors (Lipinski definition) is 4. The van der Waals surface area contributed by atoms with Gasteiger partial charge in [-0.1, -0.05) is 30.3 Å². The van der Waals surface area contributed by atoms with Crippen LogP contribution in [0.3, 0.4) is 0 Å². The lowest BCUT2D eigenvalue weighted by molar-refractivity contribution is -0.112. The average molecular weight is 428 g/mol. The minimum absolute atomic E-state index is 0.274. The predicted molar refractivity (Wildman–Crippen MR) is 128 cm³/mol. The first-order chi connectivity index (χ1) is 15.6. The van der Waals surface area contributed by atoms with Gasteiger partial charge in [0.05, 0.1) is 14.2 Å². The van der Waals surface area contributed by atoms with E-state index in [1.165, 1.54) is 12.2 Å². The van der Waals surface area contributed by atoms with E-state index in [0.717, 1.165) is 22.6 Å². The zero-order valence-corrected chi connectivity index (χ0v) is 17.9. The summed E-state index contributed by atoms with van der Waals surface area (Å²) >= 11 is 0. The van der Waals surface area contributed by atoms with Gasteiger partial charge in [-0.2, -0.15) is 0 Å². The Morgan fingerprint density at radius 1 is 0.656 bits per heavy atom. The van der Waals surface area contributed by atoms with Gasteiger partial charge in [-0.3, -0.25) is 9.59 Å². The van der Waals surface area contributed by atoms with Crippen LogP contribution in [-0.2, 0) is 9.59 Å². The molecule has 0 aromatic heterocycles. The molecule has 162 valence electrons. The fourth-order valence-corrected chi connectivity index (χ4v) is 2.82. The molecule has 0 saturated carbocycles. The van der Waals surface area contributed by atoms with Gasteiger partial charge in [-0.05, 0) is 65.7 Å². The molecule has 32 heavy (non-hydrogen) atoms. The summed E-state index contributed by atoms with van der Waals surface area (Å²) in [6.07, 6.45) is 6.32. The molecule has 2 amide bonds. The molecule has 0 spiro atoms. The van der Waals surface area contributed by atoms with E-state index < -0.39 is 0 Å². The summed E-state index contributed by atoms with van der Waals surface area (Å²) in [5.41, 5.74) is 2.91. The highest BCUT2D eigenvalue weighted by Gasteiger charge is 2.02. The topological polar surface area (TPSA) is 76.7 Å². The van der Waals surface area contributed by atoms with E-state index in [1.807, 2.05) is 48.5 Å². The van der Waals surface area contributed by atoms with Crippen LogP contribution in [0.4, 0.5) is 11.4 Å². The molecule has 6 heteroatoms. The summed E-state index contributed by atoms with van der Waals surface area (Å²) < 4.78 is 10.2. The third-order valence-corrected chi connectivity index (χ3v) is 4.48. The molecule has 0 aliphatic heterocycles. The van der Waals surface area contributed by atoms with E-state index in [4.69, 9.17) is 9.47 Å². The van der Waals surface area contributed by atoms with E-state index in [2.05, 4.69) is 10.6 Å². The molecule has 6 nitrogen and oxygen atoms in total. The lowest BCUT2D eigenvalue weighted by Crippen LogP contribution is -2.10. The van der Waals surface area contributed by atoms with Crippen molar-refractivity contribution in [2.24, 2.45) is 0 Å². The van der Waals surface area contributed by atoms with Crippen molar-refractivity contribution in [3.8, 4) is 11.5 Å². The summed E-state index contributed by atoms with van der Waals surface area (Å²) in [6.45, 7) is 0. The molecule has 0 radical (unpaired) electrons. The Hall–Kier alpha value is -4.32. The van der Waals surface area contributed by atoms with Crippen LogP contribution in [0, 0.1) is 0 Å². The molecule has 0 atom stereocenters. The molecule has 3 aromatic rings. The Bertz CT molecular complexity index is 1030. The van der Waals surface area contributed by atoms with Crippen LogP contribution in [-0.4, -0.2) is 26.0 Å². The second kappa shape index (κ2) is 11.2. The van der Waals surface area contributed by atoms with Crippen LogP contribution < -0.4 is 20.1 Å². The lowest BCUT2D eigenvalue weighted by atomic mass is 10.2. The van der Waals surface area contributed by atoms with Crippen molar-refractivity contribution in [2.75, 3.05) is 24.9 Å². The Labute approximate surface area is 187 Å². The summed E-state index contributed by atoms with van der Waals surface area (Å²) in [6, 6.07) is 21.7. The Morgan fingerprint density at radius 2 is 1.06 bits per heavy atom. The maximum atomic E-state index is 12.2. The first-order valence-corrected chi connectivity index (χ1v) is 9.92. The van der Waals surface area contributed by atoms with E-state index in [-0.39, 0.29) is 11.8 Å². The SMILES string of the molecule is COc1ccc(/C=C\C(=O)Nc2cccc(NC(=O)/C=C/c3ccc(OC)cc3)c2)cc1. The van der Waals surface area contributed by atoms with Gasteiger partial charge in [0.15, 0.2) is 0 Å². The molecule has 0 unspecified atom stereocenters. The number of carbonyl (C=O) groups excluding carboxylic acids is 2. The highest BCUT2D eigenvalue weighted by atomic mass is 16.5. The van der Waals surface area contributed by atoms with Crippen molar-refractivity contribution in [3.63, 3.8) is 0 Å². The van der Waals surface area contributed by atoms with Crippen molar-refractivity contribution >= 4 is 35.3 Å². The van der Waals surface area contributed by atoms with Crippen LogP contribution in [0.25, 0.3) is 12.2 Å². The zero-order valence-electron chi connectivity index (χ0n) is 17.9. The van der Waals surface area contributed by atoms with Crippen molar-refractivity contribution < 1.29 is 19.1 Å². The summed E-state index contributed by atoms with van der Waals surface area (Å²) in [4.78, 5) is 24.4. The van der Waals surface area contributed by atoms with Gasteiger partial charge in [0, 0.05) is 23.5 Å². The Balaban J connectivity index is 1.55. The largest absolute Gasteiger partial charge is 0.497 e. The maximum Gasteiger partial charge on any atom is 0.248 e. The van der Waals surface area contributed by atoms with Crippen molar-refractivity contribution in [3.05, 3.63) is 96.1 Å². The van der Waals surface area contributed by atoms with Crippen LogP contribution >= 0.6 is 0 Å². The van der Waals surface area contributed by atoms with Gasteiger partial charge in [0.1, 0.15) is 11.5 Å². The Kier molecular flexibility index (Phi) is 7.81. The monoisotopic (exact) mass is 428 g/mol. The van der Waals surface area contributed by atoms with Gasteiger partial charge in [0.2, 0.25) is 11.8 Å². The molecule has 0 bridgehead atoms. The molecule has 0 saturated heterocycles. The van der Waals surface area contributed by atoms with Crippen LogP contribution in [0.2, 0.25) is 0 Å². The quantitative estimate of drug-likeness (QED) is 0.495. The number of rotatable bonds is 8. The number of hydrogen-bond donors (Lipinski definition) is 2. The molecule has 0 aliphatic carbocycles. The molecule has 0 aliphatic rings. The van der Waals surface area contributed by atoms with Crippen molar-refractivity contribution in [2.45, 2.75) is 0 Å². The lowest BCUT2D eigenvalue weighted by Gasteiger charge is -2.06. The summed E-state index contributed by atoms with van der Waals surface area (Å²) in [7, 11) is 3.21. The van der Waals surface area contributed by atoms with Gasteiger partial charge >= 0.3 is 0 Å². The zero-order chi connectivity index (χ0) is 22.8. The van der Waals surface area contributed by atoms with E-state index in [0.29, 0.717) is 11.4 Å². The van der Waals surface area contributed by atoms with Gasteiger partial charge in [-0.25, -0.2) is 0 Å². The van der Waals surface area contributed by atoms with Gasteiger partial charge in [0.25, 0.3) is 0 Å². The molecule has 0 fully saturated rings. The number of ether oxygens (including phenoxy) is 2. The van der Waals surface area contributed by atoms with Crippen LogP contribution in [0.15, 0.2) is 84.9 Å². The number of anilines is 2. The van der Waals surface area contributed by atoms with E-state index in [1.54, 1.807) is 50.6 Å². The molecular formula is C26H24N2O4. The minimum atomic E-state index is -0.274. The third kappa shape index (κ3) is 6.88. The third-order valence-electron chi connectivity index (χ3n) is 4.48.